The SMILES string of the molecule is C=C1Cc2cccc(c2O)C(=O)Nc2ccc(cc2)NC(=O)c2cccc(c2O)CC(=C)Cc2cccc(c2O)C(=O)Nc2ccc(cc2)NC(=O)c2cccc(c2O)C1. The molecule has 4 aliphatic rings. The Morgan fingerprint density at radius 2 is 0.533 bits per heavy atom. The molecule has 0 saturated carbocycles. The van der Waals surface area contributed by atoms with E-state index >= 15 is 0 Å². The van der Waals surface area contributed by atoms with E-state index in [9.17, 15) is 39.6 Å². The third kappa shape index (κ3) is 8.88. The molecule has 0 saturated heterocycles. The molecule has 0 aliphatic carbocycles. The number of hydrogen-bond acceptors (Lipinski definition) is 8. The first-order chi connectivity index (χ1) is 28.8. The molecule has 0 radical (unpaired) electrons. The highest BCUT2D eigenvalue weighted by Gasteiger charge is 2.21. The lowest BCUT2D eigenvalue weighted by Crippen LogP contribution is -2.14. The molecule has 10 rings (SSSR count). The summed E-state index contributed by atoms with van der Waals surface area (Å²) in [6, 6.07) is 31.7. The highest BCUT2D eigenvalue weighted by atomic mass is 16.3. The summed E-state index contributed by atoms with van der Waals surface area (Å²) in [5.41, 5.74) is 4.55. The Bertz CT molecular complexity index is 2340. The van der Waals surface area contributed by atoms with Crippen LogP contribution in [0.3, 0.4) is 0 Å². The minimum atomic E-state index is -0.573. The molecule has 300 valence electrons. The van der Waals surface area contributed by atoms with Gasteiger partial charge in [-0.25, -0.2) is 0 Å². The molecule has 12 bridgehead atoms. The number of para-hydroxylation sites is 4. The molecule has 4 heterocycles. The summed E-state index contributed by atoms with van der Waals surface area (Å²) >= 11 is 0. The van der Waals surface area contributed by atoms with Crippen LogP contribution >= 0.6 is 0 Å². The van der Waals surface area contributed by atoms with E-state index in [-0.39, 0.29) is 70.9 Å². The number of aromatic hydroxyl groups is 4. The Morgan fingerprint density at radius 3 is 0.733 bits per heavy atom. The van der Waals surface area contributed by atoms with Gasteiger partial charge in [0, 0.05) is 22.7 Å². The number of allylic oxidation sites excluding steroid dienone is 2. The van der Waals surface area contributed by atoms with Crippen molar-refractivity contribution in [3.05, 3.63) is 190 Å². The molecule has 0 aromatic heterocycles. The van der Waals surface area contributed by atoms with Gasteiger partial charge in [0.1, 0.15) is 23.0 Å². The third-order valence-corrected chi connectivity index (χ3v) is 10.0. The lowest BCUT2D eigenvalue weighted by molar-refractivity contribution is 0.101. The van der Waals surface area contributed by atoms with Gasteiger partial charge >= 0.3 is 0 Å². The Hall–Kier alpha value is -8.12. The van der Waals surface area contributed by atoms with Crippen LogP contribution in [0.5, 0.6) is 23.0 Å². The summed E-state index contributed by atoms with van der Waals surface area (Å²) in [7, 11) is 0. The van der Waals surface area contributed by atoms with Crippen molar-refractivity contribution in [2.75, 3.05) is 21.3 Å². The van der Waals surface area contributed by atoms with Crippen LogP contribution in [0, 0.1) is 0 Å². The number of anilines is 4. The predicted octanol–water partition coefficient (Wildman–Crippen LogP) is 8.51. The topological polar surface area (TPSA) is 197 Å². The first-order valence-electron chi connectivity index (χ1n) is 18.9. The zero-order valence-corrected chi connectivity index (χ0v) is 32.2. The fraction of sp³-hybridized carbons (Fsp3) is 0.0833. The predicted molar refractivity (Wildman–Crippen MR) is 230 cm³/mol. The summed E-state index contributed by atoms with van der Waals surface area (Å²) in [6.07, 6.45) is 0.660. The molecule has 0 spiro atoms. The molecule has 0 unspecified atom stereocenters. The second-order valence-electron chi connectivity index (χ2n) is 14.4. The van der Waals surface area contributed by atoms with Crippen molar-refractivity contribution >= 4 is 46.4 Å². The summed E-state index contributed by atoms with van der Waals surface area (Å²) in [4.78, 5) is 53.2. The van der Waals surface area contributed by atoms with E-state index in [0.717, 1.165) is 0 Å². The van der Waals surface area contributed by atoms with Crippen molar-refractivity contribution in [1.29, 1.82) is 0 Å². The molecule has 8 N–H and O–H groups in total. The Morgan fingerprint density at radius 1 is 0.333 bits per heavy atom. The second-order valence-corrected chi connectivity index (χ2v) is 14.4. The zero-order chi connectivity index (χ0) is 42.5. The quantitative estimate of drug-likeness (QED) is 0.0700. The smallest absolute Gasteiger partial charge is 0.259 e. The van der Waals surface area contributed by atoms with Crippen molar-refractivity contribution in [3.63, 3.8) is 0 Å². The number of hydrogen-bond donors (Lipinski definition) is 8. The van der Waals surface area contributed by atoms with Crippen LogP contribution in [0.1, 0.15) is 63.7 Å². The van der Waals surface area contributed by atoms with Crippen molar-refractivity contribution in [2.45, 2.75) is 25.7 Å². The van der Waals surface area contributed by atoms with E-state index in [0.29, 0.717) is 56.1 Å². The van der Waals surface area contributed by atoms with Gasteiger partial charge < -0.3 is 41.7 Å². The molecule has 6 aromatic rings. The van der Waals surface area contributed by atoms with Gasteiger partial charge in [0.15, 0.2) is 0 Å². The van der Waals surface area contributed by atoms with Gasteiger partial charge in [0.2, 0.25) is 0 Å². The van der Waals surface area contributed by atoms with Gasteiger partial charge in [-0.3, -0.25) is 19.2 Å². The number of amides is 4. The average molecular weight is 801 g/mol. The van der Waals surface area contributed by atoms with Crippen LogP contribution in [0.25, 0.3) is 0 Å². The van der Waals surface area contributed by atoms with E-state index in [1.807, 2.05) is 0 Å². The normalized spacial score (nSPS) is 14.1. The molecule has 12 nitrogen and oxygen atoms in total. The zero-order valence-electron chi connectivity index (χ0n) is 32.2. The lowest BCUT2D eigenvalue weighted by Gasteiger charge is -2.15. The van der Waals surface area contributed by atoms with Gasteiger partial charge in [-0.2, -0.15) is 0 Å². The lowest BCUT2D eigenvalue weighted by atomic mass is 9.95. The van der Waals surface area contributed by atoms with E-state index in [4.69, 9.17) is 0 Å². The molecule has 4 amide bonds. The third-order valence-electron chi connectivity index (χ3n) is 10.0. The van der Waals surface area contributed by atoms with Crippen molar-refractivity contribution in [1.82, 2.24) is 0 Å². The number of carbonyl (C=O) groups is 4. The number of carbonyl (C=O) groups excluding carboxylic acids is 4. The summed E-state index contributed by atoms with van der Waals surface area (Å²) in [5, 5.41) is 55.5. The first-order valence-corrected chi connectivity index (χ1v) is 18.9. The number of nitrogens with one attached hydrogen (secondary N) is 4. The number of phenolic OH excluding ortho intramolecular Hbond substituents is 4. The highest BCUT2D eigenvalue weighted by Crippen LogP contribution is 2.32. The maximum atomic E-state index is 13.3. The van der Waals surface area contributed by atoms with E-state index < -0.39 is 23.6 Å². The fourth-order valence-electron chi connectivity index (χ4n) is 6.94. The van der Waals surface area contributed by atoms with Crippen molar-refractivity contribution in [3.8, 4) is 23.0 Å². The minimum Gasteiger partial charge on any atom is -0.507 e. The van der Waals surface area contributed by atoms with Gasteiger partial charge in [-0.05, 0) is 121 Å². The van der Waals surface area contributed by atoms with E-state index in [1.165, 1.54) is 24.3 Å². The molecule has 60 heavy (non-hydrogen) atoms. The molecule has 0 atom stereocenters. The van der Waals surface area contributed by atoms with Crippen LogP contribution in [0.4, 0.5) is 22.7 Å². The molecule has 6 aromatic carbocycles. The first kappa shape index (κ1) is 40.1. The van der Waals surface area contributed by atoms with Gasteiger partial charge in [-0.15, -0.1) is 0 Å². The van der Waals surface area contributed by atoms with E-state index in [2.05, 4.69) is 34.4 Å². The van der Waals surface area contributed by atoms with E-state index in [1.54, 1.807) is 97.1 Å². The van der Waals surface area contributed by atoms with Gasteiger partial charge in [-0.1, -0.05) is 72.8 Å². The average Bonchev–Trinajstić information content (AvgIpc) is 3.22. The molecular formula is C48H40N4O8. The number of phenols is 4. The van der Waals surface area contributed by atoms with Crippen molar-refractivity contribution < 1.29 is 39.6 Å². The van der Waals surface area contributed by atoms with Crippen LogP contribution in [-0.2, 0) is 25.7 Å². The Labute approximate surface area is 345 Å². The Balaban J connectivity index is 1.17. The summed E-state index contributed by atoms with van der Waals surface area (Å²) in [6.45, 7) is 8.24. The molecule has 4 aliphatic heterocycles. The van der Waals surface area contributed by atoms with Crippen LogP contribution in [0.15, 0.2) is 146 Å². The maximum Gasteiger partial charge on any atom is 0.259 e. The largest absolute Gasteiger partial charge is 0.507 e. The highest BCUT2D eigenvalue weighted by molar-refractivity contribution is 6.09. The summed E-state index contributed by atoms with van der Waals surface area (Å²) < 4.78 is 0. The minimum absolute atomic E-state index is 0.0233. The van der Waals surface area contributed by atoms with Crippen LogP contribution in [-0.4, -0.2) is 44.1 Å². The summed E-state index contributed by atoms with van der Waals surface area (Å²) in [5.74, 6) is -3.25. The second kappa shape index (κ2) is 17.2. The number of rotatable bonds is 0. The molecule has 0 fully saturated rings. The maximum absolute atomic E-state index is 13.3. The van der Waals surface area contributed by atoms with Gasteiger partial charge in [0.25, 0.3) is 23.6 Å². The number of benzene rings is 6. The van der Waals surface area contributed by atoms with Crippen LogP contribution in [0.2, 0.25) is 0 Å². The van der Waals surface area contributed by atoms with Gasteiger partial charge in [0.05, 0.1) is 22.3 Å². The Kier molecular flexibility index (Phi) is 11.5. The fourth-order valence-corrected chi connectivity index (χ4v) is 6.94. The monoisotopic (exact) mass is 800 g/mol. The van der Waals surface area contributed by atoms with Crippen LogP contribution < -0.4 is 21.3 Å². The standard InChI is InChI=1S/C48H40N4O8/c1-27-23-29-7-3-11-37(41(29)53)45(57)49-33-15-19-35(20-16-33)51-47(59)39-13-5-9-31(43(39)55)25-28(2)26-32-10-6-14-40(44(32)56)48(60)52-36-21-17-34(18-22-36)50-46(58)38-12-4-8-30(24-27)42(38)54/h3-22,53-56H,1-2,23-26H2,(H,49,57)(H,50,58)(H,51,59)(H,52,60). The molecular weight excluding hydrogens is 761 g/mol. The van der Waals surface area contributed by atoms with Crippen molar-refractivity contribution in [2.24, 2.45) is 0 Å². The molecule has 12 heteroatoms.